The molecule has 0 saturated carbocycles. The van der Waals surface area contributed by atoms with Gasteiger partial charge in [-0.15, -0.1) is 0 Å². The molecule has 0 aliphatic rings. The first kappa shape index (κ1) is 14.3. The van der Waals surface area contributed by atoms with Gasteiger partial charge in [0.1, 0.15) is 5.60 Å². The summed E-state index contributed by atoms with van der Waals surface area (Å²) in [5.74, 6) is -5.32. The number of carbonyl (C=O) groups excluding carboxylic acids is 1. The Bertz CT molecular complexity index is 234. The lowest BCUT2D eigenvalue weighted by Gasteiger charge is -2.28. The van der Waals surface area contributed by atoms with Gasteiger partial charge in [0, 0.05) is 5.92 Å². The molecule has 0 spiro atoms. The molecule has 0 saturated heterocycles. The maximum absolute atomic E-state index is 13.3. The average molecular weight is 223 g/mol. The molecule has 0 fully saturated rings. The fourth-order valence-electron chi connectivity index (χ4n) is 0.882. The second kappa shape index (κ2) is 4.43. The van der Waals surface area contributed by atoms with E-state index in [0.29, 0.717) is 0 Å². The van der Waals surface area contributed by atoms with Gasteiger partial charge in [0.25, 0.3) is 5.92 Å². The standard InChI is InChI=1S/C10H19F2NO2/c1-6(2)10(11,12)7(13)8(14)15-9(3,4)5/h6-7H,13H2,1-5H3. The van der Waals surface area contributed by atoms with Crippen molar-refractivity contribution in [1.29, 1.82) is 0 Å². The quantitative estimate of drug-likeness (QED) is 0.744. The van der Waals surface area contributed by atoms with Crippen LogP contribution in [0.3, 0.4) is 0 Å². The molecule has 0 bridgehead atoms. The molecule has 5 heteroatoms. The van der Waals surface area contributed by atoms with Crippen LogP contribution in [-0.2, 0) is 9.53 Å². The summed E-state index contributed by atoms with van der Waals surface area (Å²) in [6, 6.07) is -1.91. The second-order valence-corrected chi connectivity index (χ2v) is 4.84. The maximum Gasteiger partial charge on any atom is 0.329 e. The number of ether oxygens (including phenoxy) is 1. The van der Waals surface area contributed by atoms with Crippen molar-refractivity contribution in [2.75, 3.05) is 0 Å². The Balaban J connectivity index is 4.59. The summed E-state index contributed by atoms with van der Waals surface area (Å²) in [5.41, 5.74) is 4.37. The Hall–Kier alpha value is -0.710. The van der Waals surface area contributed by atoms with Crippen molar-refractivity contribution in [2.24, 2.45) is 11.7 Å². The van der Waals surface area contributed by atoms with Gasteiger partial charge in [0.05, 0.1) is 0 Å². The fraction of sp³-hybridized carbons (Fsp3) is 0.900. The summed E-state index contributed by atoms with van der Waals surface area (Å²) in [5, 5.41) is 0. The van der Waals surface area contributed by atoms with Crippen LogP contribution in [0.25, 0.3) is 0 Å². The molecule has 0 aromatic rings. The highest BCUT2D eigenvalue weighted by molar-refractivity contribution is 5.77. The van der Waals surface area contributed by atoms with Gasteiger partial charge in [-0.1, -0.05) is 13.8 Å². The van der Waals surface area contributed by atoms with E-state index in [9.17, 15) is 13.6 Å². The molecule has 2 N–H and O–H groups in total. The van der Waals surface area contributed by atoms with E-state index in [1.807, 2.05) is 0 Å². The zero-order valence-electron chi connectivity index (χ0n) is 9.80. The molecular weight excluding hydrogens is 204 g/mol. The number of nitrogens with two attached hydrogens (primary N) is 1. The monoisotopic (exact) mass is 223 g/mol. The first-order valence-electron chi connectivity index (χ1n) is 4.84. The van der Waals surface area contributed by atoms with Gasteiger partial charge in [-0.05, 0) is 20.8 Å². The van der Waals surface area contributed by atoms with Crippen LogP contribution >= 0.6 is 0 Å². The number of alkyl halides is 2. The molecule has 0 aromatic carbocycles. The van der Waals surface area contributed by atoms with Crippen LogP contribution in [0.2, 0.25) is 0 Å². The normalized spacial score (nSPS) is 15.3. The molecule has 0 rings (SSSR count). The van der Waals surface area contributed by atoms with Crippen molar-refractivity contribution in [2.45, 2.75) is 52.2 Å². The maximum atomic E-state index is 13.3. The van der Waals surface area contributed by atoms with Crippen LogP contribution in [0.15, 0.2) is 0 Å². The Morgan fingerprint density at radius 3 is 1.93 bits per heavy atom. The molecule has 3 nitrogen and oxygen atoms in total. The molecule has 0 heterocycles. The number of hydrogen-bond acceptors (Lipinski definition) is 3. The highest BCUT2D eigenvalue weighted by Gasteiger charge is 2.46. The van der Waals surface area contributed by atoms with Crippen LogP contribution in [0.1, 0.15) is 34.6 Å². The molecule has 1 unspecified atom stereocenters. The Morgan fingerprint density at radius 1 is 1.27 bits per heavy atom. The first-order valence-corrected chi connectivity index (χ1v) is 4.84. The van der Waals surface area contributed by atoms with E-state index in [-0.39, 0.29) is 0 Å². The molecule has 0 aliphatic carbocycles. The van der Waals surface area contributed by atoms with E-state index >= 15 is 0 Å². The first-order chi connectivity index (χ1) is 6.48. The largest absolute Gasteiger partial charge is 0.459 e. The summed E-state index contributed by atoms with van der Waals surface area (Å²) in [4.78, 5) is 11.3. The smallest absolute Gasteiger partial charge is 0.329 e. The average Bonchev–Trinajstić information content (AvgIpc) is 1.99. The number of rotatable bonds is 3. The van der Waals surface area contributed by atoms with Gasteiger partial charge in [-0.3, -0.25) is 4.79 Å². The van der Waals surface area contributed by atoms with Crippen molar-refractivity contribution in [3.63, 3.8) is 0 Å². The van der Waals surface area contributed by atoms with Gasteiger partial charge in [-0.25, -0.2) is 8.78 Å². The van der Waals surface area contributed by atoms with Gasteiger partial charge < -0.3 is 10.5 Å². The highest BCUT2D eigenvalue weighted by Crippen LogP contribution is 2.28. The minimum atomic E-state index is -3.25. The number of halogens is 2. The predicted octanol–water partition coefficient (Wildman–Crippen LogP) is 1.95. The van der Waals surface area contributed by atoms with Crippen molar-refractivity contribution in [1.82, 2.24) is 0 Å². The van der Waals surface area contributed by atoms with Crippen LogP contribution in [-0.4, -0.2) is 23.5 Å². The second-order valence-electron chi connectivity index (χ2n) is 4.84. The van der Waals surface area contributed by atoms with Crippen molar-refractivity contribution in [3.05, 3.63) is 0 Å². The van der Waals surface area contributed by atoms with Crippen LogP contribution < -0.4 is 5.73 Å². The van der Waals surface area contributed by atoms with Gasteiger partial charge >= 0.3 is 5.97 Å². The highest BCUT2D eigenvalue weighted by atomic mass is 19.3. The number of esters is 1. The summed E-state index contributed by atoms with van der Waals surface area (Å²) >= 11 is 0. The van der Waals surface area contributed by atoms with Gasteiger partial charge in [0.15, 0.2) is 6.04 Å². The van der Waals surface area contributed by atoms with Crippen LogP contribution in [0, 0.1) is 5.92 Å². The fourth-order valence-corrected chi connectivity index (χ4v) is 0.882. The van der Waals surface area contributed by atoms with E-state index in [1.54, 1.807) is 20.8 Å². The zero-order valence-corrected chi connectivity index (χ0v) is 9.80. The van der Waals surface area contributed by atoms with E-state index < -0.39 is 29.5 Å². The predicted molar refractivity (Wildman–Crippen MR) is 53.6 cm³/mol. The molecule has 90 valence electrons. The summed E-state index contributed by atoms with van der Waals surface area (Å²) in [6.07, 6.45) is 0. The summed E-state index contributed by atoms with van der Waals surface area (Å²) < 4.78 is 31.5. The molecular formula is C10H19F2NO2. The lowest BCUT2D eigenvalue weighted by atomic mass is 9.99. The van der Waals surface area contributed by atoms with E-state index in [0.717, 1.165) is 0 Å². The van der Waals surface area contributed by atoms with E-state index in [1.165, 1.54) is 13.8 Å². The van der Waals surface area contributed by atoms with E-state index in [2.05, 4.69) is 0 Å². The molecule has 1 atom stereocenters. The summed E-state index contributed by atoms with van der Waals surface area (Å²) in [6.45, 7) is 7.43. The third-order valence-corrected chi connectivity index (χ3v) is 1.85. The van der Waals surface area contributed by atoms with Gasteiger partial charge in [-0.2, -0.15) is 0 Å². The van der Waals surface area contributed by atoms with Crippen molar-refractivity contribution < 1.29 is 18.3 Å². The number of hydrogen-bond donors (Lipinski definition) is 1. The van der Waals surface area contributed by atoms with Crippen LogP contribution in [0.4, 0.5) is 8.78 Å². The SMILES string of the molecule is CC(C)C(F)(F)C(N)C(=O)OC(C)(C)C. The molecule has 0 radical (unpaired) electrons. The minimum Gasteiger partial charge on any atom is -0.459 e. The lowest BCUT2D eigenvalue weighted by molar-refractivity contribution is -0.169. The topological polar surface area (TPSA) is 52.3 Å². The number of carbonyl (C=O) groups is 1. The molecule has 0 aromatic heterocycles. The Labute approximate surface area is 89.0 Å². The Kier molecular flexibility index (Phi) is 4.22. The molecule has 0 aliphatic heterocycles. The third kappa shape index (κ3) is 4.11. The van der Waals surface area contributed by atoms with Crippen molar-refractivity contribution >= 4 is 5.97 Å². The molecule has 15 heavy (non-hydrogen) atoms. The molecule has 0 amide bonds. The third-order valence-electron chi connectivity index (χ3n) is 1.85. The van der Waals surface area contributed by atoms with Gasteiger partial charge in [0.2, 0.25) is 0 Å². The van der Waals surface area contributed by atoms with Crippen molar-refractivity contribution in [3.8, 4) is 0 Å². The lowest BCUT2D eigenvalue weighted by Crippen LogP contribution is -2.52. The van der Waals surface area contributed by atoms with Crippen LogP contribution in [0.5, 0.6) is 0 Å². The minimum absolute atomic E-state index is 0.804. The summed E-state index contributed by atoms with van der Waals surface area (Å²) in [7, 11) is 0. The Morgan fingerprint density at radius 2 is 1.67 bits per heavy atom. The zero-order chi connectivity index (χ0) is 12.4. The van der Waals surface area contributed by atoms with E-state index in [4.69, 9.17) is 10.5 Å².